The molecule has 5 heteroatoms. The van der Waals surface area contributed by atoms with E-state index in [-0.39, 0.29) is 0 Å². The van der Waals surface area contributed by atoms with Gasteiger partial charge in [-0.05, 0) is 53.6 Å². The fourth-order valence-corrected chi connectivity index (χ4v) is 2.75. The van der Waals surface area contributed by atoms with Gasteiger partial charge in [0.05, 0.1) is 6.61 Å². The molecule has 0 amide bonds. The first-order valence-corrected chi connectivity index (χ1v) is 9.08. The van der Waals surface area contributed by atoms with Crippen molar-refractivity contribution >= 4 is 22.8 Å². The molecule has 5 nitrogen and oxygen atoms in total. The summed E-state index contributed by atoms with van der Waals surface area (Å²) in [5.41, 5.74) is 0.727. The molecular weight excluding hydrogens is 356 g/mol. The highest BCUT2D eigenvalue weighted by Crippen LogP contribution is 2.29. The Kier molecular flexibility index (Phi) is 6.52. The number of carboxylic acid groups (broad SMARTS) is 1. The van der Waals surface area contributed by atoms with E-state index < -0.39 is 5.97 Å². The van der Waals surface area contributed by atoms with Gasteiger partial charge in [0.2, 0.25) is 0 Å². The molecule has 0 aromatic heterocycles. The summed E-state index contributed by atoms with van der Waals surface area (Å²) in [6, 6.07) is 19.4. The molecule has 3 aromatic carbocycles. The van der Waals surface area contributed by atoms with Gasteiger partial charge in [0.25, 0.3) is 0 Å². The number of rotatable bonds is 9. The first kappa shape index (κ1) is 19.3. The quantitative estimate of drug-likeness (QED) is 0.428. The number of benzene rings is 3. The Bertz CT molecular complexity index is 978. The zero-order valence-corrected chi connectivity index (χ0v) is 15.6. The second-order valence-electron chi connectivity index (χ2n) is 6.02. The predicted molar refractivity (Wildman–Crippen MR) is 109 cm³/mol. The van der Waals surface area contributed by atoms with Crippen LogP contribution in [0.1, 0.15) is 12.5 Å². The highest BCUT2D eigenvalue weighted by Gasteiger charge is 2.06. The number of carbonyl (C=O) groups is 1. The first-order valence-electron chi connectivity index (χ1n) is 9.08. The fraction of sp³-hybridized carbons (Fsp3) is 0.174. The Balaban J connectivity index is 1.59. The molecule has 0 bridgehead atoms. The van der Waals surface area contributed by atoms with Crippen LogP contribution in [-0.2, 0) is 4.79 Å². The van der Waals surface area contributed by atoms with Crippen LogP contribution in [0.25, 0.3) is 16.8 Å². The largest absolute Gasteiger partial charge is 0.490 e. The summed E-state index contributed by atoms with van der Waals surface area (Å²) in [5.74, 6) is 0.961. The summed E-state index contributed by atoms with van der Waals surface area (Å²) in [4.78, 5) is 10.7. The Hall–Kier alpha value is -3.47. The molecule has 144 valence electrons. The summed E-state index contributed by atoms with van der Waals surface area (Å²) < 4.78 is 17.2. The molecule has 0 radical (unpaired) electrons. The van der Waals surface area contributed by atoms with Crippen molar-refractivity contribution in [3.63, 3.8) is 0 Å². The van der Waals surface area contributed by atoms with Gasteiger partial charge in [0.15, 0.2) is 11.5 Å². The third kappa shape index (κ3) is 5.27. The van der Waals surface area contributed by atoms with Gasteiger partial charge in [-0.2, -0.15) is 0 Å². The molecule has 28 heavy (non-hydrogen) atoms. The van der Waals surface area contributed by atoms with Crippen LogP contribution >= 0.6 is 0 Å². The lowest BCUT2D eigenvalue weighted by Crippen LogP contribution is -2.10. The third-order valence-corrected chi connectivity index (χ3v) is 4.02. The topological polar surface area (TPSA) is 65.0 Å². The number of hydrogen-bond acceptors (Lipinski definition) is 4. The number of hydrogen-bond donors (Lipinski definition) is 1. The normalized spacial score (nSPS) is 10.9. The van der Waals surface area contributed by atoms with Crippen LogP contribution < -0.4 is 14.2 Å². The molecule has 0 fully saturated rings. The summed E-state index contributed by atoms with van der Waals surface area (Å²) in [7, 11) is 0. The summed E-state index contributed by atoms with van der Waals surface area (Å²) in [6.45, 7) is 3.12. The molecule has 0 saturated carbocycles. The molecule has 0 aliphatic rings. The monoisotopic (exact) mass is 378 g/mol. The zero-order valence-electron chi connectivity index (χ0n) is 15.6. The van der Waals surface area contributed by atoms with Gasteiger partial charge in [-0.3, -0.25) is 0 Å². The van der Waals surface area contributed by atoms with Crippen molar-refractivity contribution < 1.29 is 24.1 Å². The Labute approximate surface area is 163 Å². The molecule has 0 unspecified atom stereocenters. The van der Waals surface area contributed by atoms with E-state index in [4.69, 9.17) is 19.3 Å². The summed E-state index contributed by atoms with van der Waals surface area (Å²) in [6.07, 6.45) is 2.60. The molecule has 1 N–H and O–H groups in total. The number of ether oxygens (including phenoxy) is 3. The number of fused-ring (bicyclic) bond motifs is 1. The van der Waals surface area contributed by atoms with Crippen LogP contribution in [0.5, 0.6) is 17.2 Å². The van der Waals surface area contributed by atoms with E-state index in [2.05, 4.69) is 6.07 Å². The van der Waals surface area contributed by atoms with E-state index in [9.17, 15) is 4.79 Å². The Morgan fingerprint density at radius 1 is 0.893 bits per heavy atom. The van der Waals surface area contributed by atoms with E-state index in [0.717, 1.165) is 22.8 Å². The molecule has 0 atom stereocenters. The minimum Gasteiger partial charge on any atom is -0.490 e. The maximum absolute atomic E-state index is 10.7. The van der Waals surface area contributed by atoms with Crippen LogP contribution in [0.3, 0.4) is 0 Å². The predicted octanol–water partition coefficient (Wildman–Crippen LogP) is 4.79. The lowest BCUT2D eigenvalue weighted by Gasteiger charge is -2.13. The van der Waals surface area contributed by atoms with E-state index in [0.29, 0.717) is 31.3 Å². The van der Waals surface area contributed by atoms with Crippen molar-refractivity contribution in [2.45, 2.75) is 6.92 Å². The number of carboxylic acids is 1. The SMILES string of the molecule is CCOc1cc(C=CC(=O)O)ccc1OCCOc1ccc2ccccc2c1. The van der Waals surface area contributed by atoms with Gasteiger partial charge in [0, 0.05) is 6.08 Å². The van der Waals surface area contributed by atoms with E-state index in [1.54, 1.807) is 18.2 Å². The smallest absolute Gasteiger partial charge is 0.328 e. The van der Waals surface area contributed by atoms with E-state index in [1.807, 2.05) is 43.3 Å². The average Bonchev–Trinajstić information content (AvgIpc) is 2.71. The van der Waals surface area contributed by atoms with Crippen LogP contribution in [0.15, 0.2) is 66.7 Å². The third-order valence-electron chi connectivity index (χ3n) is 4.02. The average molecular weight is 378 g/mol. The van der Waals surface area contributed by atoms with Crippen molar-refractivity contribution in [3.05, 3.63) is 72.3 Å². The molecule has 3 aromatic rings. The summed E-state index contributed by atoms with van der Waals surface area (Å²) >= 11 is 0. The standard InChI is InChI=1S/C23H22O5/c1-2-26-22-15-17(8-12-23(24)25)7-11-21(22)28-14-13-27-20-10-9-18-5-3-4-6-19(18)16-20/h3-12,15-16H,2,13-14H2,1H3,(H,24,25). The fourth-order valence-electron chi connectivity index (χ4n) is 2.75. The van der Waals surface area contributed by atoms with Gasteiger partial charge in [-0.1, -0.05) is 36.4 Å². The van der Waals surface area contributed by atoms with Gasteiger partial charge in [-0.15, -0.1) is 0 Å². The highest BCUT2D eigenvalue weighted by molar-refractivity contribution is 5.85. The minimum atomic E-state index is -0.996. The Morgan fingerprint density at radius 3 is 2.46 bits per heavy atom. The van der Waals surface area contributed by atoms with Gasteiger partial charge >= 0.3 is 5.97 Å². The molecule has 0 aliphatic heterocycles. The van der Waals surface area contributed by atoms with Crippen molar-refractivity contribution in [1.82, 2.24) is 0 Å². The minimum absolute atomic E-state index is 0.358. The molecule has 0 saturated heterocycles. The van der Waals surface area contributed by atoms with Gasteiger partial charge < -0.3 is 19.3 Å². The molecule has 0 heterocycles. The van der Waals surface area contributed by atoms with Crippen LogP contribution in [0.4, 0.5) is 0 Å². The molecule has 0 aliphatic carbocycles. The van der Waals surface area contributed by atoms with Crippen molar-refractivity contribution in [2.24, 2.45) is 0 Å². The van der Waals surface area contributed by atoms with E-state index >= 15 is 0 Å². The van der Waals surface area contributed by atoms with E-state index in [1.165, 1.54) is 11.5 Å². The number of aliphatic carboxylic acids is 1. The van der Waals surface area contributed by atoms with Gasteiger partial charge in [-0.25, -0.2) is 4.79 Å². The van der Waals surface area contributed by atoms with Crippen molar-refractivity contribution in [3.8, 4) is 17.2 Å². The zero-order chi connectivity index (χ0) is 19.8. The second-order valence-corrected chi connectivity index (χ2v) is 6.02. The second kappa shape index (κ2) is 9.46. The maximum Gasteiger partial charge on any atom is 0.328 e. The van der Waals surface area contributed by atoms with Crippen molar-refractivity contribution in [2.75, 3.05) is 19.8 Å². The first-order chi connectivity index (χ1) is 13.7. The van der Waals surface area contributed by atoms with Crippen LogP contribution in [-0.4, -0.2) is 30.9 Å². The van der Waals surface area contributed by atoms with Crippen molar-refractivity contribution in [1.29, 1.82) is 0 Å². The van der Waals surface area contributed by atoms with Gasteiger partial charge in [0.1, 0.15) is 19.0 Å². The molecule has 0 spiro atoms. The summed E-state index contributed by atoms with van der Waals surface area (Å²) in [5, 5.41) is 11.0. The lowest BCUT2D eigenvalue weighted by molar-refractivity contribution is -0.131. The molecule has 3 rings (SSSR count). The highest BCUT2D eigenvalue weighted by atomic mass is 16.5. The maximum atomic E-state index is 10.7. The van der Waals surface area contributed by atoms with Crippen LogP contribution in [0, 0.1) is 0 Å². The lowest BCUT2D eigenvalue weighted by atomic mass is 10.1. The molecular formula is C23H22O5. The van der Waals surface area contributed by atoms with Crippen LogP contribution in [0.2, 0.25) is 0 Å². The Morgan fingerprint density at radius 2 is 1.68 bits per heavy atom.